The number of rotatable bonds is 2. The van der Waals surface area contributed by atoms with Gasteiger partial charge in [-0.1, -0.05) is 18.2 Å². The number of hydrogen-bond donors (Lipinski definition) is 0. The highest BCUT2D eigenvalue weighted by Gasteiger charge is 2.19. The summed E-state index contributed by atoms with van der Waals surface area (Å²) in [6, 6.07) is 11.3. The normalized spacial score (nSPS) is 12.8. The van der Waals surface area contributed by atoms with Gasteiger partial charge in [0.05, 0.1) is 22.1 Å². The molecule has 0 spiro atoms. The fourth-order valence-electron chi connectivity index (χ4n) is 2.23. The topological polar surface area (TPSA) is 17.8 Å². The molecule has 0 saturated heterocycles. The Hall–Kier alpha value is -1.94. The summed E-state index contributed by atoms with van der Waals surface area (Å²) in [7, 11) is 0. The van der Waals surface area contributed by atoms with Crippen LogP contribution in [0.25, 0.3) is 16.7 Å². The molecule has 0 radical (unpaired) electrons. The van der Waals surface area contributed by atoms with Crippen molar-refractivity contribution in [3.63, 3.8) is 0 Å². The zero-order valence-electron chi connectivity index (χ0n) is 10.6. The quantitative estimate of drug-likeness (QED) is 0.631. The minimum atomic E-state index is -0.908. The summed E-state index contributed by atoms with van der Waals surface area (Å²) < 4.78 is 29.1. The van der Waals surface area contributed by atoms with Gasteiger partial charge in [-0.2, -0.15) is 0 Å². The molecule has 0 amide bonds. The summed E-state index contributed by atoms with van der Waals surface area (Å²) in [5.41, 5.74) is 1.50. The molecule has 0 saturated carbocycles. The van der Waals surface area contributed by atoms with Gasteiger partial charge in [-0.25, -0.2) is 13.8 Å². The van der Waals surface area contributed by atoms with Crippen LogP contribution in [0, 0.1) is 11.6 Å². The number of benzene rings is 2. The molecule has 0 aliphatic carbocycles. The Bertz CT molecular complexity index is 781. The lowest BCUT2D eigenvalue weighted by Gasteiger charge is -2.11. The average molecular weight is 293 g/mol. The van der Waals surface area contributed by atoms with Crippen molar-refractivity contribution in [1.29, 1.82) is 0 Å². The number of imidazole rings is 1. The Morgan fingerprint density at radius 1 is 1.10 bits per heavy atom. The molecule has 3 rings (SSSR count). The van der Waals surface area contributed by atoms with Crippen LogP contribution in [0.3, 0.4) is 0 Å². The largest absolute Gasteiger partial charge is 0.292 e. The van der Waals surface area contributed by atoms with Gasteiger partial charge in [0, 0.05) is 0 Å². The van der Waals surface area contributed by atoms with Crippen molar-refractivity contribution in [2.24, 2.45) is 0 Å². The highest BCUT2D eigenvalue weighted by molar-refractivity contribution is 6.20. The van der Waals surface area contributed by atoms with E-state index in [-0.39, 0.29) is 5.69 Å². The fraction of sp³-hybridized carbons (Fsp3) is 0.133. The van der Waals surface area contributed by atoms with Crippen LogP contribution in [0.2, 0.25) is 0 Å². The van der Waals surface area contributed by atoms with Gasteiger partial charge in [0.15, 0.2) is 11.6 Å². The first-order valence-electron chi connectivity index (χ1n) is 6.15. The predicted octanol–water partition coefficient (Wildman–Crippen LogP) is 4.60. The molecule has 0 fully saturated rings. The smallest absolute Gasteiger partial charge is 0.182 e. The van der Waals surface area contributed by atoms with Crippen molar-refractivity contribution in [2.75, 3.05) is 0 Å². The minimum Gasteiger partial charge on any atom is -0.292 e. The molecule has 1 heterocycles. The predicted molar refractivity (Wildman–Crippen MR) is 75.3 cm³/mol. The second kappa shape index (κ2) is 4.87. The van der Waals surface area contributed by atoms with Crippen LogP contribution in [-0.4, -0.2) is 9.55 Å². The molecular formula is C15H11ClF2N2. The van der Waals surface area contributed by atoms with Crippen molar-refractivity contribution in [2.45, 2.75) is 12.3 Å². The Morgan fingerprint density at radius 2 is 1.85 bits per heavy atom. The summed E-state index contributed by atoms with van der Waals surface area (Å²) in [6.45, 7) is 1.75. The van der Waals surface area contributed by atoms with Gasteiger partial charge in [-0.3, -0.25) is 4.57 Å². The van der Waals surface area contributed by atoms with Gasteiger partial charge >= 0.3 is 0 Å². The summed E-state index contributed by atoms with van der Waals surface area (Å²) in [4.78, 5) is 4.40. The van der Waals surface area contributed by atoms with Crippen molar-refractivity contribution < 1.29 is 8.78 Å². The molecule has 2 nitrogen and oxygen atoms in total. The Morgan fingerprint density at radius 3 is 2.60 bits per heavy atom. The Balaban J connectivity index is 2.39. The molecule has 20 heavy (non-hydrogen) atoms. The van der Waals surface area contributed by atoms with Crippen LogP contribution in [0.5, 0.6) is 0 Å². The van der Waals surface area contributed by atoms with Crippen LogP contribution < -0.4 is 0 Å². The number of hydrogen-bond acceptors (Lipinski definition) is 1. The molecule has 2 aromatic carbocycles. The van der Waals surface area contributed by atoms with E-state index in [2.05, 4.69) is 4.98 Å². The standard InChI is InChI=1S/C15H11ClF2N2/c1-9(16)15-19-11-6-2-3-7-12(11)20(15)13-8-4-5-10(17)14(13)18/h2-9H,1H3. The molecule has 0 bridgehead atoms. The Kier molecular flexibility index (Phi) is 3.18. The molecule has 5 heteroatoms. The number of alkyl halides is 1. The molecule has 1 unspecified atom stereocenters. The maximum absolute atomic E-state index is 14.1. The SMILES string of the molecule is CC(Cl)c1nc2ccccc2n1-c1cccc(F)c1F. The van der Waals surface area contributed by atoms with Gasteiger partial charge in [0.2, 0.25) is 0 Å². The lowest BCUT2D eigenvalue weighted by atomic mass is 10.2. The van der Waals surface area contributed by atoms with Crippen LogP contribution in [0.4, 0.5) is 8.78 Å². The van der Waals surface area contributed by atoms with Crippen LogP contribution in [-0.2, 0) is 0 Å². The second-order valence-electron chi connectivity index (χ2n) is 4.48. The zero-order chi connectivity index (χ0) is 14.3. The Labute approximate surface area is 119 Å². The summed E-state index contributed by atoms with van der Waals surface area (Å²) in [5.74, 6) is -1.32. The lowest BCUT2D eigenvalue weighted by molar-refractivity contribution is 0.504. The van der Waals surface area contributed by atoms with E-state index in [1.54, 1.807) is 17.6 Å². The third kappa shape index (κ3) is 1.96. The fourth-order valence-corrected chi connectivity index (χ4v) is 2.38. The third-order valence-corrected chi connectivity index (χ3v) is 3.31. The van der Waals surface area contributed by atoms with Crippen molar-refractivity contribution in [1.82, 2.24) is 9.55 Å². The zero-order valence-corrected chi connectivity index (χ0v) is 11.4. The monoisotopic (exact) mass is 292 g/mol. The van der Waals surface area contributed by atoms with E-state index in [4.69, 9.17) is 11.6 Å². The van der Waals surface area contributed by atoms with Gasteiger partial charge in [0.1, 0.15) is 5.82 Å². The van der Waals surface area contributed by atoms with E-state index in [9.17, 15) is 8.78 Å². The summed E-state index contributed by atoms with van der Waals surface area (Å²) >= 11 is 6.12. The molecule has 0 aliphatic rings. The van der Waals surface area contributed by atoms with Crippen LogP contribution >= 0.6 is 11.6 Å². The first kappa shape index (κ1) is 13.1. The number of nitrogens with zero attached hydrogens (tertiary/aromatic N) is 2. The molecule has 1 atom stereocenters. The van der Waals surface area contributed by atoms with E-state index < -0.39 is 17.0 Å². The number of fused-ring (bicyclic) bond motifs is 1. The number of para-hydroxylation sites is 2. The molecule has 102 valence electrons. The third-order valence-electron chi connectivity index (χ3n) is 3.11. The van der Waals surface area contributed by atoms with Gasteiger partial charge in [0.25, 0.3) is 0 Å². The van der Waals surface area contributed by atoms with E-state index in [0.717, 1.165) is 6.07 Å². The first-order valence-corrected chi connectivity index (χ1v) is 6.59. The molecule has 3 aromatic rings. The number of halogens is 3. The number of aromatic nitrogens is 2. The van der Waals surface area contributed by atoms with Crippen LogP contribution in [0.1, 0.15) is 18.1 Å². The average Bonchev–Trinajstić information content (AvgIpc) is 2.81. The maximum atomic E-state index is 14.1. The van der Waals surface area contributed by atoms with Gasteiger partial charge < -0.3 is 0 Å². The molecular weight excluding hydrogens is 282 g/mol. The minimum absolute atomic E-state index is 0.112. The van der Waals surface area contributed by atoms with Crippen molar-refractivity contribution in [3.05, 3.63) is 59.9 Å². The molecule has 0 aliphatic heterocycles. The maximum Gasteiger partial charge on any atom is 0.182 e. The highest BCUT2D eigenvalue weighted by Crippen LogP contribution is 2.29. The van der Waals surface area contributed by atoms with Crippen LogP contribution in [0.15, 0.2) is 42.5 Å². The second-order valence-corrected chi connectivity index (χ2v) is 5.14. The first-order chi connectivity index (χ1) is 9.59. The van der Waals surface area contributed by atoms with Gasteiger partial charge in [-0.15, -0.1) is 11.6 Å². The van der Waals surface area contributed by atoms with Crippen molar-refractivity contribution >= 4 is 22.6 Å². The highest BCUT2D eigenvalue weighted by atomic mass is 35.5. The van der Waals surface area contributed by atoms with Gasteiger partial charge in [-0.05, 0) is 31.2 Å². The van der Waals surface area contributed by atoms with E-state index in [1.807, 2.05) is 18.2 Å². The van der Waals surface area contributed by atoms with Crippen molar-refractivity contribution in [3.8, 4) is 5.69 Å². The van der Waals surface area contributed by atoms with E-state index in [0.29, 0.717) is 16.9 Å². The molecule has 1 aromatic heterocycles. The molecule has 0 N–H and O–H groups in total. The lowest BCUT2D eigenvalue weighted by Crippen LogP contribution is -2.05. The summed E-state index contributed by atoms with van der Waals surface area (Å²) in [5, 5.41) is -0.426. The summed E-state index contributed by atoms with van der Waals surface area (Å²) in [6.07, 6.45) is 0. The van der Waals surface area contributed by atoms with E-state index in [1.165, 1.54) is 12.1 Å². The van der Waals surface area contributed by atoms with E-state index >= 15 is 0 Å².